The molecule has 122 valence electrons. The number of methoxy groups -OCH3 is 1. The number of nitro benzene ring substituents is 1. The molecule has 0 fully saturated rings. The van der Waals surface area contributed by atoms with Crippen molar-refractivity contribution in [1.29, 1.82) is 0 Å². The van der Waals surface area contributed by atoms with Gasteiger partial charge in [-0.25, -0.2) is 9.59 Å². The lowest BCUT2D eigenvalue weighted by molar-refractivity contribution is -0.384. The first-order valence-electron chi connectivity index (χ1n) is 6.83. The lowest BCUT2D eigenvalue weighted by atomic mass is 9.93. The van der Waals surface area contributed by atoms with E-state index in [1.165, 1.54) is 42.2 Å². The molecule has 0 saturated carbocycles. The summed E-state index contributed by atoms with van der Waals surface area (Å²) in [7, 11) is 4.35. The summed E-state index contributed by atoms with van der Waals surface area (Å²) >= 11 is 0. The Morgan fingerprint density at radius 1 is 1.35 bits per heavy atom. The molecule has 0 aliphatic carbocycles. The van der Waals surface area contributed by atoms with Gasteiger partial charge in [0.25, 0.3) is 5.69 Å². The second-order valence-electron chi connectivity index (χ2n) is 5.20. The van der Waals surface area contributed by atoms with Crippen molar-refractivity contribution in [3.63, 3.8) is 0 Å². The molecule has 0 saturated heterocycles. The van der Waals surface area contributed by atoms with Gasteiger partial charge in [0.15, 0.2) is 0 Å². The van der Waals surface area contributed by atoms with Crippen molar-refractivity contribution >= 4 is 17.7 Å². The molecule has 2 amide bonds. The van der Waals surface area contributed by atoms with Crippen LogP contribution in [0.15, 0.2) is 35.5 Å². The van der Waals surface area contributed by atoms with Crippen LogP contribution < -0.4 is 0 Å². The summed E-state index contributed by atoms with van der Waals surface area (Å²) in [5, 5.41) is 11.0. The molecule has 0 bridgehead atoms. The fourth-order valence-electron chi connectivity index (χ4n) is 2.63. The van der Waals surface area contributed by atoms with E-state index < -0.39 is 16.9 Å². The number of hydrogen-bond donors (Lipinski definition) is 0. The van der Waals surface area contributed by atoms with E-state index in [9.17, 15) is 19.7 Å². The molecule has 8 nitrogen and oxygen atoms in total. The molecule has 0 N–H and O–H groups in total. The number of hydrogen-bond acceptors (Lipinski definition) is 5. The smallest absolute Gasteiger partial charge is 0.337 e. The second kappa shape index (κ2) is 6.07. The third-order valence-corrected chi connectivity index (χ3v) is 3.94. The predicted octanol–water partition coefficient (Wildman–Crippen LogP) is 2.08. The Kier molecular flexibility index (Phi) is 4.35. The first-order valence-corrected chi connectivity index (χ1v) is 6.83. The topological polar surface area (TPSA) is 93.0 Å². The van der Waals surface area contributed by atoms with Crippen LogP contribution in [0.5, 0.6) is 0 Å². The first-order chi connectivity index (χ1) is 10.8. The summed E-state index contributed by atoms with van der Waals surface area (Å²) in [6, 6.07) is 4.82. The predicted molar refractivity (Wildman–Crippen MR) is 81.5 cm³/mol. The quantitative estimate of drug-likeness (QED) is 0.483. The fourth-order valence-corrected chi connectivity index (χ4v) is 2.63. The largest absolute Gasteiger partial charge is 0.466 e. The van der Waals surface area contributed by atoms with Gasteiger partial charge >= 0.3 is 12.0 Å². The number of urea groups is 1. The molecule has 1 aliphatic rings. The monoisotopic (exact) mass is 319 g/mol. The number of carbonyl (C=O) groups excluding carboxylic acids is 2. The molecule has 0 spiro atoms. The Morgan fingerprint density at radius 3 is 2.57 bits per heavy atom. The van der Waals surface area contributed by atoms with Crippen molar-refractivity contribution in [2.24, 2.45) is 0 Å². The molecule has 0 aromatic heterocycles. The van der Waals surface area contributed by atoms with E-state index in [-0.39, 0.29) is 17.3 Å². The highest BCUT2D eigenvalue weighted by molar-refractivity contribution is 5.94. The van der Waals surface area contributed by atoms with E-state index in [2.05, 4.69) is 0 Å². The van der Waals surface area contributed by atoms with Gasteiger partial charge in [0.05, 0.1) is 23.6 Å². The maximum absolute atomic E-state index is 12.3. The zero-order valence-electron chi connectivity index (χ0n) is 13.3. The molecule has 8 heteroatoms. The third kappa shape index (κ3) is 2.75. The number of amides is 2. The number of esters is 1. The number of nitro groups is 1. The normalized spacial score (nSPS) is 18.3. The Bertz CT molecular complexity index is 713. The minimum Gasteiger partial charge on any atom is -0.466 e. The molecule has 23 heavy (non-hydrogen) atoms. The Morgan fingerprint density at radius 2 is 2.00 bits per heavy atom. The van der Waals surface area contributed by atoms with Crippen LogP contribution in [0.25, 0.3) is 0 Å². The van der Waals surface area contributed by atoms with Crippen molar-refractivity contribution < 1.29 is 19.2 Å². The molecule has 1 atom stereocenters. The highest BCUT2D eigenvalue weighted by atomic mass is 16.6. The average molecular weight is 319 g/mol. The molecule has 2 rings (SSSR count). The molecule has 0 radical (unpaired) electrons. The van der Waals surface area contributed by atoms with Gasteiger partial charge in [-0.2, -0.15) is 0 Å². The van der Waals surface area contributed by atoms with Crippen LogP contribution in [0.1, 0.15) is 18.5 Å². The standard InChI is InChI=1S/C15H17N3O5/c1-9-12(14(19)23-4)13(17(3)15(20)16(9)2)10-6-5-7-11(8-10)18(21)22/h5-8,13H,1-4H3/t13-/m0/s1. The molecule has 1 heterocycles. The van der Waals surface area contributed by atoms with Crippen LogP contribution in [-0.2, 0) is 9.53 Å². The molecule has 1 aromatic rings. The van der Waals surface area contributed by atoms with Crippen molar-refractivity contribution in [3.8, 4) is 0 Å². The number of benzene rings is 1. The van der Waals surface area contributed by atoms with E-state index in [1.807, 2.05) is 0 Å². The van der Waals surface area contributed by atoms with E-state index in [0.717, 1.165) is 0 Å². The number of ether oxygens (including phenoxy) is 1. The Labute approximate surface area is 133 Å². The summed E-state index contributed by atoms with van der Waals surface area (Å²) < 4.78 is 4.83. The number of likely N-dealkylation sites (N-methyl/N-ethyl adjacent to an activating group) is 1. The van der Waals surface area contributed by atoms with Crippen LogP contribution in [0.3, 0.4) is 0 Å². The zero-order valence-corrected chi connectivity index (χ0v) is 13.3. The number of carbonyl (C=O) groups is 2. The van der Waals surface area contributed by atoms with Gasteiger partial charge in [0.1, 0.15) is 0 Å². The van der Waals surface area contributed by atoms with E-state index in [0.29, 0.717) is 11.3 Å². The second-order valence-corrected chi connectivity index (χ2v) is 5.20. The maximum Gasteiger partial charge on any atom is 0.337 e. The van der Waals surface area contributed by atoms with Gasteiger partial charge in [0, 0.05) is 31.9 Å². The highest BCUT2D eigenvalue weighted by Gasteiger charge is 2.39. The molecule has 1 aromatic carbocycles. The van der Waals surface area contributed by atoms with Crippen LogP contribution in [0.4, 0.5) is 10.5 Å². The lowest BCUT2D eigenvalue weighted by Crippen LogP contribution is -2.47. The summed E-state index contributed by atoms with van der Waals surface area (Å²) in [6.07, 6.45) is 0. The first kappa shape index (κ1) is 16.5. The number of rotatable bonds is 3. The van der Waals surface area contributed by atoms with Crippen molar-refractivity contribution in [2.45, 2.75) is 13.0 Å². The summed E-state index contributed by atoms with van der Waals surface area (Å²) in [5.74, 6) is -0.579. The minimum absolute atomic E-state index is 0.107. The molecular formula is C15H17N3O5. The van der Waals surface area contributed by atoms with Gasteiger partial charge in [-0.15, -0.1) is 0 Å². The van der Waals surface area contributed by atoms with Crippen molar-refractivity contribution in [1.82, 2.24) is 9.80 Å². The van der Waals surface area contributed by atoms with Gasteiger partial charge in [-0.1, -0.05) is 12.1 Å². The molecular weight excluding hydrogens is 302 g/mol. The lowest BCUT2D eigenvalue weighted by Gasteiger charge is -2.39. The number of allylic oxidation sites excluding steroid dienone is 1. The minimum atomic E-state index is -0.744. The van der Waals surface area contributed by atoms with Crippen LogP contribution in [-0.4, -0.2) is 47.9 Å². The van der Waals surface area contributed by atoms with Gasteiger partial charge < -0.3 is 14.5 Å². The molecule has 0 unspecified atom stereocenters. The van der Waals surface area contributed by atoms with Crippen LogP contribution in [0, 0.1) is 10.1 Å². The van der Waals surface area contributed by atoms with E-state index >= 15 is 0 Å². The van der Waals surface area contributed by atoms with Crippen LogP contribution in [0.2, 0.25) is 0 Å². The van der Waals surface area contributed by atoms with Crippen molar-refractivity contribution in [3.05, 3.63) is 51.2 Å². The van der Waals surface area contributed by atoms with Gasteiger partial charge in [-0.3, -0.25) is 10.1 Å². The highest BCUT2D eigenvalue weighted by Crippen LogP contribution is 2.37. The number of non-ortho nitro benzene ring substituents is 1. The van der Waals surface area contributed by atoms with Crippen molar-refractivity contribution in [2.75, 3.05) is 21.2 Å². The van der Waals surface area contributed by atoms with Gasteiger partial charge in [-0.05, 0) is 12.5 Å². The third-order valence-electron chi connectivity index (χ3n) is 3.94. The summed E-state index contributed by atoms with van der Waals surface area (Å²) in [6.45, 7) is 1.64. The zero-order chi connectivity index (χ0) is 17.3. The number of nitrogens with zero attached hydrogens (tertiary/aromatic N) is 3. The fraction of sp³-hybridized carbons (Fsp3) is 0.333. The average Bonchev–Trinajstić information content (AvgIpc) is 2.55. The SMILES string of the molecule is COC(=O)C1=C(C)N(C)C(=O)N(C)[C@H]1c1cccc([N+](=O)[O-])c1. The van der Waals surface area contributed by atoms with Gasteiger partial charge in [0.2, 0.25) is 0 Å². The van der Waals surface area contributed by atoms with E-state index in [4.69, 9.17) is 4.74 Å². The van der Waals surface area contributed by atoms with E-state index in [1.54, 1.807) is 20.0 Å². The summed E-state index contributed by atoms with van der Waals surface area (Å²) in [5.41, 5.74) is 1.10. The maximum atomic E-state index is 12.3. The Balaban J connectivity index is 2.65. The summed E-state index contributed by atoms with van der Waals surface area (Å²) in [4.78, 5) is 37.7. The molecule has 1 aliphatic heterocycles. The Hall–Kier alpha value is -2.90. The van der Waals surface area contributed by atoms with Crippen LogP contribution >= 0.6 is 0 Å².